The first-order chi connectivity index (χ1) is 4.25. The average Bonchev–Trinajstić information content (AvgIpc) is 2.15. The van der Waals surface area contributed by atoms with Gasteiger partial charge in [0, 0.05) is 0 Å². The lowest BCUT2D eigenvalue weighted by Crippen LogP contribution is -2.30. The third-order valence-corrected chi connectivity index (χ3v) is 1.41. The molecule has 0 radical (unpaired) electrons. The number of alkyl halides is 1. The Morgan fingerprint density at radius 1 is 1.56 bits per heavy atom. The Hall–Kier alpha value is -0.190. The highest BCUT2D eigenvalue weighted by atomic mass is 19.1. The lowest BCUT2D eigenvalue weighted by atomic mass is 10.2. The molecule has 3 nitrogen and oxygen atoms in total. The number of hydrogen-bond acceptors (Lipinski definition) is 3. The molecule has 9 heavy (non-hydrogen) atoms. The second kappa shape index (κ2) is 2.60. The highest BCUT2D eigenvalue weighted by molar-refractivity contribution is 4.82. The Kier molecular flexibility index (Phi) is 2.00. The van der Waals surface area contributed by atoms with E-state index in [1.54, 1.807) is 0 Å². The number of aliphatic hydroxyl groups excluding tert-OH is 2. The predicted octanol–water partition coefficient (Wildman–Crippen LogP) is -0.923. The van der Waals surface area contributed by atoms with E-state index in [9.17, 15) is 4.39 Å². The van der Waals surface area contributed by atoms with Crippen molar-refractivity contribution in [3.8, 4) is 0 Å². The molecule has 1 rings (SSSR count). The fourth-order valence-corrected chi connectivity index (χ4v) is 0.803. The third-order valence-electron chi connectivity index (χ3n) is 1.41. The molecule has 0 saturated carbocycles. The van der Waals surface area contributed by atoms with Gasteiger partial charge in [-0.25, -0.2) is 4.39 Å². The predicted molar refractivity (Wildman–Crippen MR) is 27.7 cm³/mol. The van der Waals surface area contributed by atoms with E-state index in [1.807, 2.05) is 0 Å². The van der Waals surface area contributed by atoms with Crippen LogP contribution in [0.15, 0.2) is 0 Å². The largest absolute Gasteiger partial charge is 0.388 e. The lowest BCUT2D eigenvalue weighted by molar-refractivity contribution is 0.0117. The molecule has 0 bridgehead atoms. The van der Waals surface area contributed by atoms with Crippen LogP contribution in [0.5, 0.6) is 0 Å². The summed E-state index contributed by atoms with van der Waals surface area (Å²) in [5, 5.41) is 17.6. The highest BCUT2D eigenvalue weighted by Crippen LogP contribution is 2.13. The molecule has 4 heteroatoms. The van der Waals surface area contributed by atoms with E-state index in [-0.39, 0.29) is 6.61 Å². The Labute approximate surface area is 52.1 Å². The standard InChI is InChI=1S/C5H9FO3/c6-1-4-5(8)3(7)2-9-4/h3-5,7-8H,1-2H2/t3-,4-,5-/m1/s1. The Bertz CT molecular complexity index is 98.2. The zero-order valence-electron chi connectivity index (χ0n) is 4.83. The van der Waals surface area contributed by atoms with Crippen molar-refractivity contribution in [1.82, 2.24) is 0 Å². The minimum absolute atomic E-state index is 0.0375. The van der Waals surface area contributed by atoms with Crippen LogP contribution in [0.4, 0.5) is 4.39 Å². The fourth-order valence-electron chi connectivity index (χ4n) is 0.803. The molecule has 0 amide bonds. The maximum absolute atomic E-state index is 11.7. The first kappa shape index (κ1) is 6.92. The van der Waals surface area contributed by atoms with Gasteiger partial charge in [-0.3, -0.25) is 0 Å². The van der Waals surface area contributed by atoms with Crippen LogP contribution < -0.4 is 0 Å². The van der Waals surface area contributed by atoms with Gasteiger partial charge < -0.3 is 14.9 Å². The first-order valence-corrected chi connectivity index (χ1v) is 2.79. The van der Waals surface area contributed by atoms with Gasteiger partial charge in [0.25, 0.3) is 0 Å². The minimum Gasteiger partial charge on any atom is -0.388 e. The van der Waals surface area contributed by atoms with Gasteiger partial charge in [0.15, 0.2) is 0 Å². The van der Waals surface area contributed by atoms with Crippen molar-refractivity contribution in [2.75, 3.05) is 13.3 Å². The summed E-state index contributed by atoms with van der Waals surface area (Å²) in [5.74, 6) is 0. The number of aliphatic hydroxyl groups is 2. The number of hydrogen-bond donors (Lipinski definition) is 2. The molecule has 0 aromatic carbocycles. The molecule has 1 aliphatic heterocycles. The zero-order chi connectivity index (χ0) is 6.85. The van der Waals surface area contributed by atoms with Gasteiger partial charge in [-0.1, -0.05) is 0 Å². The van der Waals surface area contributed by atoms with Gasteiger partial charge in [-0.2, -0.15) is 0 Å². The zero-order valence-corrected chi connectivity index (χ0v) is 4.83. The lowest BCUT2D eigenvalue weighted by Gasteiger charge is -2.09. The van der Waals surface area contributed by atoms with E-state index in [4.69, 9.17) is 10.2 Å². The Balaban J connectivity index is 2.41. The van der Waals surface area contributed by atoms with Crippen molar-refractivity contribution in [1.29, 1.82) is 0 Å². The van der Waals surface area contributed by atoms with Gasteiger partial charge >= 0.3 is 0 Å². The van der Waals surface area contributed by atoms with Crippen molar-refractivity contribution < 1.29 is 19.3 Å². The van der Waals surface area contributed by atoms with Crippen LogP contribution in [-0.4, -0.2) is 41.8 Å². The molecule has 0 spiro atoms. The maximum Gasteiger partial charge on any atom is 0.118 e. The van der Waals surface area contributed by atoms with Crippen LogP contribution in [0.25, 0.3) is 0 Å². The summed E-state index contributed by atoms with van der Waals surface area (Å²) in [5.41, 5.74) is 0. The summed E-state index contributed by atoms with van der Waals surface area (Å²) in [6, 6.07) is 0. The first-order valence-electron chi connectivity index (χ1n) is 2.79. The molecule has 1 aliphatic rings. The van der Waals surface area contributed by atoms with E-state index in [0.717, 1.165) is 0 Å². The molecular weight excluding hydrogens is 127 g/mol. The van der Waals surface area contributed by atoms with Gasteiger partial charge in [-0.15, -0.1) is 0 Å². The van der Waals surface area contributed by atoms with Crippen molar-refractivity contribution in [3.63, 3.8) is 0 Å². The molecule has 2 N–H and O–H groups in total. The van der Waals surface area contributed by atoms with Crippen molar-refractivity contribution >= 4 is 0 Å². The van der Waals surface area contributed by atoms with Gasteiger partial charge in [-0.05, 0) is 0 Å². The summed E-state index contributed by atoms with van der Waals surface area (Å²) in [7, 11) is 0. The van der Waals surface area contributed by atoms with E-state index in [2.05, 4.69) is 4.74 Å². The van der Waals surface area contributed by atoms with E-state index in [0.29, 0.717) is 0 Å². The molecule has 0 aromatic rings. The van der Waals surface area contributed by atoms with Crippen LogP contribution in [0.3, 0.4) is 0 Å². The molecule has 3 atom stereocenters. The van der Waals surface area contributed by atoms with Gasteiger partial charge in [0.05, 0.1) is 6.61 Å². The molecule has 54 valence electrons. The molecule has 1 heterocycles. The molecule has 1 fully saturated rings. The van der Waals surface area contributed by atoms with Crippen LogP contribution in [0.1, 0.15) is 0 Å². The van der Waals surface area contributed by atoms with E-state index < -0.39 is 25.0 Å². The second-order valence-corrected chi connectivity index (χ2v) is 2.08. The summed E-state index contributed by atoms with van der Waals surface area (Å²) in [4.78, 5) is 0. The van der Waals surface area contributed by atoms with Crippen LogP contribution in [-0.2, 0) is 4.74 Å². The van der Waals surface area contributed by atoms with Crippen LogP contribution in [0, 0.1) is 0 Å². The average molecular weight is 136 g/mol. The molecule has 0 aromatic heterocycles. The van der Waals surface area contributed by atoms with Crippen molar-refractivity contribution in [3.05, 3.63) is 0 Å². The summed E-state index contributed by atoms with van der Waals surface area (Å²) >= 11 is 0. The minimum atomic E-state index is -1.05. The topological polar surface area (TPSA) is 49.7 Å². The summed E-state index contributed by atoms with van der Waals surface area (Å²) in [6.07, 6.45) is -2.78. The number of rotatable bonds is 1. The van der Waals surface area contributed by atoms with Crippen LogP contribution >= 0.6 is 0 Å². The quantitative estimate of drug-likeness (QED) is 0.490. The van der Waals surface area contributed by atoms with Crippen molar-refractivity contribution in [2.24, 2.45) is 0 Å². The molecule has 0 aliphatic carbocycles. The molecule has 1 saturated heterocycles. The fraction of sp³-hybridized carbons (Fsp3) is 1.00. The second-order valence-electron chi connectivity index (χ2n) is 2.08. The maximum atomic E-state index is 11.7. The monoisotopic (exact) mass is 136 g/mol. The summed E-state index contributed by atoms with van der Waals surface area (Å²) < 4.78 is 16.4. The smallest absolute Gasteiger partial charge is 0.118 e. The van der Waals surface area contributed by atoms with Gasteiger partial charge in [0.2, 0.25) is 0 Å². The SMILES string of the molecule is O[C@@H]1[C@H](O)CO[C@@H]1CF. The van der Waals surface area contributed by atoms with E-state index >= 15 is 0 Å². The Morgan fingerprint density at radius 2 is 2.22 bits per heavy atom. The highest BCUT2D eigenvalue weighted by Gasteiger charge is 2.34. The van der Waals surface area contributed by atoms with E-state index in [1.165, 1.54) is 0 Å². The Morgan fingerprint density at radius 3 is 2.44 bits per heavy atom. The number of halogens is 1. The van der Waals surface area contributed by atoms with Crippen LogP contribution in [0.2, 0.25) is 0 Å². The molecule has 0 unspecified atom stereocenters. The molecular formula is C5H9FO3. The summed E-state index contributed by atoms with van der Waals surface area (Å²) in [6.45, 7) is -0.700. The normalized spacial score (nSPS) is 43.7. The number of ether oxygens (including phenoxy) is 1. The van der Waals surface area contributed by atoms with Gasteiger partial charge in [0.1, 0.15) is 25.0 Å². The third kappa shape index (κ3) is 1.20. The van der Waals surface area contributed by atoms with Crippen molar-refractivity contribution in [2.45, 2.75) is 18.3 Å².